The number of amides is 3. The van der Waals surface area contributed by atoms with Crippen LogP contribution in [0.3, 0.4) is 0 Å². The topological polar surface area (TPSA) is 78.5 Å². The molecule has 2 N–H and O–H groups in total. The van der Waals surface area contributed by atoms with Crippen molar-refractivity contribution in [2.45, 2.75) is 12.8 Å². The number of rotatable bonds is 4. The van der Waals surface area contributed by atoms with E-state index in [0.717, 1.165) is 12.8 Å². The molecule has 28 heavy (non-hydrogen) atoms. The van der Waals surface area contributed by atoms with Crippen LogP contribution in [0.5, 0.6) is 0 Å². The number of carbonyl (C=O) groups is 3. The molecule has 0 radical (unpaired) electrons. The summed E-state index contributed by atoms with van der Waals surface area (Å²) in [4.78, 5) is 38.6. The van der Waals surface area contributed by atoms with Crippen LogP contribution in [0.2, 0.25) is 5.02 Å². The molecule has 1 heterocycles. The normalized spacial score (nSPS) is 16.4. The van der Waals surface area contributed by atoms with E-state index in [2.05, 4.69) is 10.6 Å². The molecule has 146 valence electrons. The summed E-state index contributed by atoms with van der Waals surface area (Å²) in [6, 6.07) is 13.4. The molecule has 3 rings (SSSR count). The Bertz CT molecular complexity index is 865. The van der Waals surface area contributed by atoms with Gasteiger partial charge in [0.05, 0.1) is 5.92 Å². The predicted octanol–water partition coefficient (Wildman–Crippen LogP) is 3.19. The highest BCUT2D eigenvalue weighted by Gasteiger charge is 2.28. The van der Waals surface area contributed by atoms with Crippen molar-refractivity contribution in [3.05, 3.63) is 64.7 Å². The third-order valence-electron chi connectivity index (χ3n) is 4.82. The van der Waals surface area contributed by atoms with Gasteiger partial charge in [-0.05, 0) is 61.4 Å². The molecule has 0 saturated carbocycles. The van der Waals surface area contributed by atoms with Gasteiger partial charge >= 0.3 is 0 Å². The Morgan fingerprint density at radius 1 is 1.00 bits per heavy atom. The van der Waals surface area contributed by atoms with Gasteiger partial charge in [0.2, 0.25) is 5.91 Å². The summed E-state index contributed by atoms with van der Waals surface area (Å²) in [6.45, 7) is 1.06. The van der Waals surface area contributed by atoms with E-state index >= 15 is 0 Å². The van der Waals surface area contributed by atoms with Crippen LogP contribution in [0.15, 0.2) is 48.5 Å². The molecule has 2 aromatic rings. The van der Waals surface area contributed by atoms with Crippen molar-refractivity contribution >= 4 is 35.0 Å². The number of likely N-dealkylation sites (tertiary alicyclic amines) is 1. The van der Waals surface area contributed by atoms with E-state index in [-0.39, 0.29) is 23.6 Å². The number of hydrogen-bond acceptors (Lipinski definition) is 3. The lowest BCUT2D eigenvalue weighted by atomic mass is 9.96. The summed E-state index contributed by atoms with van der Waals surface area (Å²) < 4.78 is 0. The lowest BCUT2D eigenvalue weighted by molar-refractivity contribution is -0.125. The van der Waals surface area contributed by atoms with E-state index in [0.29, 0.717) is 34.9 Å². The molecule has 0 bridgehead atoms. The summed E-state index contributed by atoms with van der Waals surface area (Å²) in [7, 11) is 1.61. The molecule has 6 nitrogen and oxygen atoms in total. The molecule has 0 spiro atoms. The molecule has 1 saturated heterocycles. The largest absolute Gasteiger partial charge is 0.359 e. The average molecular weight is 400 g/mol. The monoisotopic (exact) mass is 399 g/mol. The molecule has 1 aliphatic heterocycles. The SMILES string of the molecule is CNC(=O)C1CCCN(C(=O)c2ccc(NC(=O)c3ccc(Cl)cc3)cc2)C1. The smallest absolute Gasteiger partial charge is 0.255 e. The van der Waals surface area contributed by atoms with E-state index in [9.17, 15) is 14.4 Å². The van der Waals surface area contributed by atoms with Gasteiger partial charge in [-0.2, -0.15) is 0 Å². The summed E-state index contributed by atoms with van der Waals surface area (Å²) in [5, 5.41) is 6.01. The van der Waals surface area contributed by atoms with Crippen molar-refractivity contribution in [3.63, 3.8) is 0 Å². The van der Waals surface area contributed by atoms with Crippen LogP contribution in [0.25, 0.3) is 0 Å². The van der Waals surface area contributed by atoms with E-state index in [1.54, 1.807) is 60.5 Å². The fourth-order valence-electron chi connectivity index (χ4n) is 3.26. The number of nitrogens with zero attached hydrogens (tertiary/aromatic N) is 1. The van der Waals surface area contributed by atoms with Gasteiger partial charge in [0.1, 0.15) is 0 Å². The van der Waals surface area contributed by atoms with Gasteiger partial charge in [0, 0.05) is 42.0 Å². The minimum absolute atomic E-state index is 0.0299. The second-order valence-corrected chi connectivity index (χ2v) is 7.18. The number of hydrogen-bond donors (Lipinski definition) is 2. The molecule has 2 aromatic carbocycles. The van der Waals surface area contributed by atoms with Gasteiger partial charge in [-0.3, -0.25) is 14.4 Å². The Morgan fingerprint density at radius 3 is 2.29 bits per heavy atom. The van der Waals surface area contributed by atoms with Crippen LogP contribution in [-0.2, 0) is 4.79 Å². The molecule has 7 heteroatoms. The molecular weight excluding hydrogens is 378 g/mol. The molecule has 1 unspecified atom stereocenters. The zero-order valence-electron chi connectivity index (χ0n) is 15.6. The molecular formula is C21H22ClN3O3. The first kappa shape index (κ1) is 19.9. The van der Waals surface area contributed by atoms with Gasteiger partial charge in [0.15, 0.2) is 0 Å². The minimum Gasteiger partial charge on any atom is -0.359 e. The van der Waals surface area contributed by atoms with Gasteiger partial charge in [-0.15, -0.1) is 0 Å². The molecule has 1 aliphatic rings. The zero-order chi connectivity index (χ0) is 20.1. The molecule has 1 atom stereocenters. The standard InChI is InChI=1S/C21H22ClN3O3/c1-23-19(26)16-3-2-12-25(13-16)21(28)15-6-10-18(11-7-15)24-20(27)14-4-8-17(22)9-5-14/h4-11,16H,2-3,12-13H2,1H3,(H,23,26)(H,24,27). The predicted molar refractivity (Wildman–Crippen MR) is 109 cm³/mol. The first-order valence-corrected chi connectivity index (χ1v) is 9.53. The summed E-state index contributed by atoms with van der Waals surface area (Å²) in [5.74, 6) is -0.553. The summed E-state index contributed by atoms with van der Waals surface area (Å²) >= 11 is 5.83. The number of piperidine rings is 1. The van der Waals surface area contributed by atoms with Crippen LogP contribution < -0.4 is 10.6 Å². The van der Waals surface area contributed by atoms with E-state index in [1.165, 1.54) is 0 Å². The number of benzene rings is 2. The van der Waals surface area contributed by atoms with Crippen molar-refractivity contribution in [1.82, 2.24) is 10.2 Å². The van der Waals surface area contributed by atoms with Crippen molar-refractivity contribution in [1.29, 1.82) is 0 Å². The number of anilines is 1. The Hall–Kier alpha value is -2.86. The molecule has 0 aliphatic carbocycles. The maximum Gasteiger partial charge on any atom is 0.255 e. The van der Waals surface area contributed by atoms with Gasteiger partial charge in [0.25, 0.3) is 11.8 Å². The van der Waals surface area contributed by atoms with Crippen molar-refractivity contribution in [2.75, 3.05) is 25.5 Å². The van der Waals surface area contributed by atoms with Crippen LogP contribution in [-0.4, -0.2) is 42.8 Å². The highest BCUT2D eigenvalue weighted by Crippen LogP contribution is 2.20. The maximum absolute atomic E-state index is 12.7. The van der Waals surface area contributed by atoms with Crippen LogP contribution in [0.4, 0.5) is 5.69 Å². The van der Waals surface area contributed by atoms with Crippen LogP contribution in [0, 0.1) is 5.92 Å². The fourth-order valence-corrected chi connectivity index (χ4v) is 3.39. The number of nitrogens with one attached hydrogen (secondary N) is 2. The van der Waals surface area contributed by atoms with Gasteiger partial charge < -0.3 is 15.5 Å². The van der Waals surface area contributed by atoms with Gasteiger partial charge in [-0.1, -0.05) is 11.6 Å². The van der Waals surface area contributed by atoms with Crippen LogP contribution >= 0.6 is 11.6 Å². The molecule has 1 fully saturated rings. The van der Waals surface area contributed by atoms with Crippen molar-refractivity contribution < 1.29 is 14.4 Å². The second kappa shape index (κ2) is 8.89. The highest BCUT2D eigenvalue weighted by atomic mass is 35.5. The van der Waals surface area contributed by atoms with Gasteiger partial charge in [-0.25, -0.2) is 0 Å². The average Bonchev–Trinajstić information content (AvgIpc) is 2.73. The summed E-state index contributed by atoms with van der Waals surface area (Å²) in [5.41, 5.74) is 1.62. The summed E-state index contributed by atoms with van der Waals surface area (Å²) in [6.07, 6.45) is 1.60. The first-order valence-electron chi connectivity index (χ1n) is 9.16. The fraction of sp³-hybridized carbons (Fsp3) is 0.286. The highest BCUT2D eigenvalue weighted by molar-refractivity contribution is 6.30. The quantitative estimate of drug-likeness (QED) is 0.828. The van der Waals surface area contributed by atoms with Crippen LogP contribution in [0.1, 0.15) is 33.6 Å². The third kappa shape index (κ3) is 4.70. The minimum atomic E-state index is -0.250. The first-order chi connectivity index (χ1) is 13.5. The van der Waals surface area contributed by atoms with Crippen molar-refractivity contribution in [2.24, 2.45) is 5.92 Å². The Labute approximate surface area is 168 Å². The Balaban J connectivity index is 1.63. The number of halogens is 1. The lowest BCUT2D eigenvalue weighted by Gasteiger charge is -2.31. The third-order valence-corrected chi connectivity index (χ3v) is 5.07. The second-order valence-electron chi connectivity index (χ2n) is 6.74. The zero-order valence-corrected chi connectivity index (χ0v) is 16.3. The number of carbonyl (C=O) groups excluding carboxylic acids is 3. The molecule has 3 amide bonds. The Morgan fingerprint density at radius 2 is 1.64 bits per heavy atom. The van der Waals surface area contributed by atoms with E-state index < -0.39 is 0 Å². The van der Waals surface area contributed by atoms with E-state index in [4.69, 9.17) is 11.6 Å². The maximum atomic E-state index is 12.7. The Kier molecular flexibility index (Phi) is 6.31. The lowest BCUT2D eigenvalue weighted by Crippen LogP contribution is -2.44. The van der Waals surface area contributed by atoms with E-state index in [1.807, 2.05) is 0 Å². The van der Waals surface area contributed by atoms with Crippen molar-refractivity contribution in [3.8, 4) is 0 Å². The molecule has 0 aromatic heterocycles.